The monoisotopic (exact) mass is 582 g/mol. The van der Waals surface area contributed by atoms with Crippen molar-refractivity contribution in [2.24, 2.45) is 0 Å². The van der Waals surface area contributed by atoms with Crippen LogP contribution in [-0.4, -0.2) is 43.8 Å². The lowest BCUT2D eigenvalue weighted by atomic mass is 10.2. The summed E-state index contributed by atoms with van der Waals surface area (Å²) in [5.74, 6) is 0. The highest BCUT2D eigenvalue weighted by Gasteiger charge is 2.21. The van der Waals surface area contributed by atoms with Crippen molar-refractivity contribution in [3.63, 3.8) is 0 Å². The highest BCUT2D eigenvalue weighted by Crippen LogP contribution is 2.33. The fourth-order valence-corrected chi connectivity index (χ4v) is 6.70. The lowest BCUT2D eigenvalue weighted by molar-refractivity contribution is 0.0783. The molecule has 8 nitrogen and oxygen atoms in total. The summed E-state index contributed by atoms with van der Waals surface area (Å²) in [6.07, 6.45) is 4.39. The SMILES string of the molecule is C[Si](C)(C)CCOCn1ccc(Cc2nc3c(s2)c2cnn(Cc4ccccc4)c(=O)c2n3Cc2ccccc2)n1. The molecule has 0 bridgehead atoms. The molecule has 0 spiro atoms. The van der Waals surface area contributed by atoms with Gasteiger partial charge in [-0.05, 0) is 23.2 Å². The smallest absolute Gasteiger partial charge is 0.291 e. The molecule has 0 atom stereocenters. The molecule has 4 aromatic heterocycles. The first-order chi connectivity index (χ1) is 19.8. The van der Waals surface area contributed by atoms with E-state index in [1.54, 1.807) is 16.0 Å². The normalized spacial score (nSPS) is 12.1. The summed E-state index contributed by atoms with van der Waals surface area (Å²) in [6.45, 7) is 9.25. The number of aromatic nitrogens is 6. The van der Waals surface area contributed by atoms with Crippen LogP contribution in [0.25, 0.3) is 21.3 Å². The van der Waals surface area contributed by atoms with E-state index in [-0.39, 0.29) is 5.56 Å². The molecule has 0 aliphatic heterocycles. The number of rotatable bonds is 11. The maximum atomic E-state index is 13.8. The zero-order valence-corrected chi connectivity index (χ0v) is 25.5. The van der Waals surface area contributed by atoms with Gasteiger partial charge in [-0.15, -0.1) is 11.3 Å². The summed E-state index contributed by atoms with van der Waals surface area (Å²) >= 11 is 1.61. The minimum Gasteiger partial charge on any atom is -0.360 e. The quantitative estimate of drug-likeness (QED) is 0.138. The van der Waals surface area contributed by atoms with Crippen molar-refractivity contribution in [3.8, 4) is 0 Å². The second-order valence-corrected chi connectivity index (χ2v) is 18.3. The van der Waals surface area contributed by atoms with E-state index in [2.05, 4.69) is 41.4 Å². The van der Waals surface area contributed by atoms with E-state index >= 15 is 0 Å². The molecule has 2 aromatic carbocycles. The summed E-state index contributed by atoms with van der Waals surface area (Å²) < 4.78 is 12.3. The summed E-state index contributed by atoms with van der Waals surface area (Å²) in [4.78, 5) is 18.8. The van der Waals surface area contributed by atoms with Gasteiger partial charge < -0.3 is 9.30 Å². The summed E-state index contributed by atoms with van der Waals surface area (Å²) in [5, 5.41) is 11.1. The third kappa shape index (κ3) is 6.24. The molecule has 41 heavy (non-hydrogen) atoms. The lowest BCUT2D eigenvalue weighted by Gasteiger charge is -2.15. The Kier molecular flexibility index (Phi) is 7.70. The van der Waals surface area contributed by atoms with Gasteiger partial charge in [0.2, 0.25) is 0 Å². The average molecular weight is 583 g/mol. The molecule has 210 valence electrons. The third-order valence-electron chi connectivity index (χ3n) is 7.05. The van der Waals surface area contributed by atoms with Crippen molar-refractivity contribution >= 4 is 40.7 Å². The first-order valence-electron chi connectivity index (χ1n) is 13.9. The van der Waals surface area contributed by atoms with Gasteiger partial charge in [0.25, 0.3) is 5.56 Å². The van der Waals surface area contributed by atoms with Crippen molar-refractivity contribution in [2.45, 2.75) is 51.9 Å². The molecular formula is C31H34N6O2SSi. The largest absolute Gasteiger partial charge is 0.360 e. The average Bonchev–Trinajstić information content (AvgIpc) is 3.65. The first kappa shape index (κ1) is 27.3. The van der Waals surface area contributed by atoms with Gasteiger partial charge in [0, 0.05) is 39.2 Å². The van der Waals surface area contributed by atoms with Gasteiger partial charge in [0.05, 0.1) is 23.1 Å². The Morgan fingerprint density at radius 1 is 0.927 bits per heavy atom. The van der Waals surface area contributed by atoms with E-state index < -0.39 is 8.07 Å². The Morgan fingerprint density at radius 3 is 2.34 bits per heavy atom. The number of thiazole rings is 1. The molecule has 0 N–H and O–H groups in total. The topological polar surface area (TPSA) is 79.8 Å². The zero-order valence-electron chi connectivity index (χ0n) is 23.7. The van der Waals surface area contributed by atoms with Gasteiger partial charge >= 0.3 is 0 Å². The Labute approximate surface area is 243 Å². The minimum absolute atomic E-state index is 0.109. The summed E-state index contributed by atoms with van der Waals surface area (Å²) in [7, 11) is -1.11. The Hall–Kier alpha value is -3.86. The van der Waals surface area contributed by atoms with Crippen molar-refractivity contribution in [2.75, 3.05) is 6.61 Å². The molecule has 0 unspecified atom stereocenters. The molecule has 0 amide bonds. The molecule has 0 radical (unpaired) electrons. The van der Waals surface area contributed by atoms with Crippen LogP contribution in [0.5, 0.6) is 0 Å². The van der Waals surface area contributed by atoms with Crippen LogP contribution >= 0.6 is 11.3 Å². The van der Waals surface area contributed by atoms with E-state index in [4.69, 9.17) is 14.8 Å². The molecule has 4 heterocycles. The van der Waals surface area contributed by atoms with Crippen LogP contribution in [0.15, 0.2) is 83.9 Å². The lowest BCUT2D eigenvalue weighted by Crippen LogP contribution is -2.25. The van der Waals surface area contributed by atoms with Crippen molar-refractivity contribution in [1.29, 1.82) is 0 Å². The number of fused-ring (bicyclic) bond motifs is 3. The summed E-state index contributed by atoms with van der Waals surface area (Å²) in [5.41, 5.74) is 4.43. The molecule has 0 fully saturated rings. The molecular weight excluding hydrogens is 549 g/mol. The highest BCUT2D eigenvalue weighted by atomic mass is 32.1. The zero-order chi connectivity index (χ0) is 28.4. The second kappa shape index (κ2) is 11.6. The Morgan fingerprint density at radius 2 is 1.63 bits per heavy atom. The van der Waals surface area contributed by atoms with Gasteiger partial charge in [-0.1, -0.05) is 80.3 Å². The number of benzene rings is 2. The van der Waals surface area contributed by atoms with Crippen LogP contribution in [0.1, 0.15) is 21.8 Å². The predicted molar refractivity (Wildman–Crippen MR) is 167 cm³/mol. The Balaban J connectivity index is 1.31. The maximum absolute atomic E-state index is 13.8. The van der Waals surface area contributed by atoms with E-state index in [0.29, 0.717) is 31.8 Å². The summed E-state index contributed by atoms with van der Waals surface area (Å²) in [6, 6.07) is 23.3. The van der Waals surface area contributed by atoms with Gasteiger partial charge in [-0.2, -0.15) is 10.2 Å². The fraction of sp³-hybridized carbons (Fsp3) is 0.290. The molecule has 0 saturated carbocycles. The van der Waals surface area contributed by atoms with Gasteiger partial charge in [0.15, 0.2) is 5.65 Å². The van der Waals surface area contributed by atoms with Gasteiger partial charge in [-0.25, -0.2) is 14.3 Å². The number of hydrogen-bond acceptors (Lipinski definition) is 6. The molecule has 0 aliphatic rings. The molecule has 6 rings (SSSR count). The third-order valence-corrected chi connectivity index (χ3v) is 9.83. The van der Waals surface area contributed by atoms with Crippen molar-refractivity contribution in [3.05, 3.63) is 111 Å². The number of nitrogens with zero attached hydrogens (tertiary/aromatic N) is 6. The van der Waals surface area contributed by atoms with E-state index in [1.165, 1.54) is 0 Å². The standard InChI is InChI=1S/C31H34N6O2SSi/c1-41(2,3)17-16-39-22-35-15-14-25(34-35)18-27-33-30-29(40-27)26-19-32-37(21-24-12-8-5-9-13-24)31(38)28(26)36(30)20-23-10-6-4-7-11-23/h4-15,19H,16-18,20-22H2,1-3H3. The van der Waals surface area contributed by atoms with E-state index in [1.807, 2.05) is 71.7 Å². The Bertz CT molecular complexity index is 1830. The van der Waals surface area contributed by atoms with E-state index in [9.17, 15) is 4.79 Å². The number of hydrogen-bond donors (Lipinski definition) is 0. The van der Waals surface area contributed by atoms with Crippen LogP contribution in [0.4, 0.5) is 0 Å². The second-order valence-electron chi connectivity index (χ2n) is 11.6. The fourth-order valence-electron chi connectivity index (χ4n) is 4.85. The molecule has 10 heteroatoms. The predicted octanol–water partition coefficient (Wildman–Crippen LogP) is 6.00. The van der Waals surface area contributed by atoms with Crippen molar-refractivity contribution in [1.82, 2.24) is 29.1 Å². The van der Waals surface area contributed by atoms with Crippen LogP contribution < -0.4 is 5.56 Å². The van der Waals surface area contributed by atoms with Crippen LogP contribution in [0.2, 0.25) is 25.7 Å². The highest BCUT2D eigenvalue weighted by molar-refractivity contribution is 7.19. The molecule has 0 saturated heterocycles. The van der Waals surface area contributed by atoms with Crippen LogP contribution in [-0.2, 0) is 31.0 Å². The minimum atomic E-state index is -1.11. The molecule has 0 aliphatic carbocycles. The van der Waals surface area contributed by atoms with Crippen molar-refractivity contribution < 1.29 is 4.74 Å². The van der Waals surface area contributed by atoms with Crippen LogP contribution in [0.3, 0.4) is 0 Å². The molecule has 6 aromatic rings. The van der Waals surface area contributed by atoms with Gasteiger partial charge in [0.1, 0.15) is 17.3 Å². The van der Waals surface area contributed by atoms with Crippen LogP contribution in [0, 0.1) is 0 Å². The van der Waals surface area contributed by atoms with E-state index in [0.717, 1.165) is 50.2 Å². The maximum Gasteiger partial charge on any atom is 0.291 e. The van der Waals surface area contributed by atoms with Gasteiger partial charge in [-0.3, -0.25) is 4.79 Å². The first-order valence-corrected chi connectivity index (χ1v) is 18.4. The number of ether oxygens (including phenoxy) is 1.